The average Bonchev–Trinajstić information content (AvgIpc) is 2.83. The Morgan fingerprint density at radius 3 is 2.58 bits per heavy atom. The number of halogens is 2. The van der Waals surface area contributed by atoms with Gasteiger partial charge in [-0.05, 0) is 37.3 Å². The second-order valence-electron chi connectivity index (χ2n) is 3.84. The van der Waals surface area contributed by atoms with Crippen molar-refractivity contribution in [3.63, 3.8) is 0 Å². The minimum absolute atomic E-state index is 0.0228. The molecule has 1 aromatic carbocycles. The third-order valence-corrected chi connectivity index (χ3v) is 4.29. The van der Waals surface area contributed by atoms with E-state index in [1.54, 1.807) is 18.2 Å². The fraction of sp³-hybridized carbons (Fsp3) is 0.154. The number of aromatic carboxylic acids is 1. The van der Waals surface area contributed by atoms with Crippen LogP contribution in [0.5, 0.6) is 0 Å². The Kier molecular flexibility index (Phi) is 4.45. The van der Waals surface area contributed by atoms with Crippen molar-refractivity contribution >= 4 is 40.9 Å². The molecule has 0 saturated carbocycles. The van der Waals surface area contributed by atoms with E-state index in [0.717, 1.165) is 4.90 Å². The van der Waals surface area contributed by atoms with Gasteiger partial charge in [-0.3, -0.25) is 0 Å². The molecule has 0 saturated heterocycles. The molecule has 0 aliphatic carbocycles. The molecular formula is C13H10Cl2O3S. The van der Waals surface area contributed by atoms with E-state index in [1.807, 2.05) is 13.0 Å². The quantitative estimate of drug-likeness (QED) is 0.793. The molecule has 1 heterocycles. The SMILES string of the molecule is CC(Sc1ccc(Cl)c(Cl)c1)c1ccc(C(=O)O)o1. The monoisotopic (exact) mass is 316 g/mol. The number of hydrogen-bond acceptors (Lipinski definition) is 3. The Labute approximate surface area is 124 Å². The second-order valence-corrected chi connectivity index (χ2v) is 6.07. The summed E-state index contributed by atoms with van der Waals surface area (Å²) in [7, 11) is 0. The molecule has 3 nitrogen and oxygen atoms in total. The van der Waals surface area contributed by atoms with Crippen molar-refractivity contribution in [3.05, 3.63) is 51.9 Å². The van der Waals surface area contributed by atoms with Crippen molar-refractivity contribution in [2.45, 2.75) is 17.1 Å². The standard InChI is InChI=1S/C13H10Cl2O3S/c1-7(11-4-5-12(18-11)13(16)17)19-8-2-3-9(14)10(15)6-8/h2-7H,1H3,(H,16,17). The van der Waals surface area contributed by atoms with E-state index in [2.05, 4.69) is 0 Å². The van der Waals surface area contributed by atoms with Crippen LogP contribution in [-0.2, 0) is 0 Å². The van der Waals surface area contributed by atoms with E-state index >= 15 is 0 Å². The summed E-state index contributed by atoms with van der Waals surface area (Å²) in [5.41, 5.74) is 0. The van der Waals surface area contributed by atoms with E-state index in [4.69, 9.17) is 32.7 Å². The fourth-order valence-electron chi connectivity index (χ4n) is 1.50. The van der Waals surface area contributed by atoms with Crippen LogP contribution in [0.1, 0.15) is 28.5 Å². The van der Waals surface area contributed by atoms with Crippen molar-refractivity contribution in [3.8, 4) is 0 Å². The highest BCUT2D eigenvalue weighted by Crippen LogP contribution is 2.37. The van der Waals surface area contributed by atoms with Crippen LogP contribution >= 0.6 is 35.0 Å². The molecular weight excluding hydrogens is 307 g/mol. The Bertz CT molecular complexity index is 610. The molecule has 0 fully saturated rings. The fourth-order valence-corrected chi connectivity index (χ4v) is 2.84. The van der Waals surface area contributed by atoms with Gasteiger partial charge in [0.05, 0.1) is 15.3 Å². The van der Waals surface area contributed by atoms with Crippen molar-refractivity contribution in [2.75, 3.05) is 0 Å². The number of carboxylic acids is 1. The summed E-state index contributed by atoms with van der Waals surface area (Å²) in [4.78, 5) is 11.7. The summed E-state index contributed by atoms with van der Waals surface area (Å²) in [5, 5.41) is 9.78. The topological polar surface area (TPSA) is 50.4 Å². The third kappa shape index (κ3) is 3.47. The molecule has 2 aromatic rings. The lowest BCUT2D eigenvalue weighted by molar-refractivity contribution is 0.0660. The summed E-state index contributed by atoms with van der Waals surface area (Å²) in [6.07, 6.45) is 0. The minimum atomic E-state index is -1.07. The van der Waals surface area contributed by atoms with Crippen LogP contribution in [0, 0.1) is 0 Å². The van der Waals surface area contributed by atoms with E-state index < -0.39 is 5.97 Å². The zero-order chi connectivity index (χ0) is 14.0. The lowest BCUT2D eigenvalue weighted by atomic mass is 10.3. The van der Waals surface area contributed by atoms with Crippen LogP contribution in [0.2, 0.25) is 10.0 Å². The molecule has 19 heavy (non-hydrogen) atoms. The summed E-state index contributed by atoms with van der Waals surface area (Å²) >= 11 is 13.3. The van der Waals surface area contributed by atoms with E-state index in [-0.39, 0.29) is 11.0 Å². The van der Waals surface area contributed by atoms with Gasteiger partial charge in [0.1, 0.15) is 5.76 Å². The lowest BCUT2D eigenvalue weighted by Crippen LogP contribution is -1.92. The predicted octanol–water partition coefficient (Wildman–Crippen LogP) is 5.14. The lowest BCUT2D eigenvalue weighted by Gasteiger charge is -2.09. The molecule has 1 N–H and O–H groups in total. The maximum Gasteiger partial charge on any atom is 0.371 e. The number of hydrogen-bond donors (Lipinski definition) is 1. The highest BCUT2D eigenvalue weighted by atomic mass is 35.5. The Morgan fingerprint density at radius 1 is 1.26 bits per heavy atom. The zero-order valence-electron chi connectivity index (χ0n) is 9.89. The molecule has 0 aliphatic heterocycles. The molecule has 0 radical (unpaired) electrons. The first kappa shape index (κ1) is 14.3. The number of thioether (sulfide) groups is 1. The molecule has 6 heteroatoms. The number of rotatable bonds is 4. The normalized spacial score (nSPS) is 12.4. The molecule has 100 valence electrons. The van der Waals surface area contributed by atoms with Gasteiger partial charge in [0.25, 0.3) is 0 Å². The van der Waals surface area contributed by atoms with Crippen molar-refractivity contribution in [1.82, 2.24) is 0 Å². The molecule has 0 amide bonds. The smallest absolute Gasteiger partial charge is 0.371 e. The summed E-state index contributed by atoms with van der Waals surface area (Å²) in [6, 6.07) is 8.47. The van der Waals surface area contributed by atoms with Crippen LogP contribution < -0.4 is 0 Å². The van der Waals surface area contributed by atoms with E-state index in [9.17, 15) is 4.79 Å². The van der Waals surface area contributed by atoms with Gasteiger partial charge in [0, 0.05) is 4.90 Å². The summed E-state index contributed by atoms with van der Waals surface area (Å²) in [5.74, 6) is -0.525. The summed E-state index contributed by atoms with van der Waals surface area (Å²) in [6.45, 7) is 1.93. The number of carbonyl (C=O) groups is 1. The first-order valence-electron chi connectivity index (χ1n) is 5.42. The molecule has 0 aliphatic rings. The minimum Gasteiger partial charge on any atom is -0.475 e. The average molecular weight is 317 g/mol. The Balaban J connectivity index is 2.13. The van der Waals surface area contributed by atoms with Gasteiger partial charge in [-0.25, -0.2) is 4.79 Å². The van der Waals surface area contributed by atoms with Gasteiger partial charge in [-0.15, -0.1) is 11.8 Å². The molecule has 2 rings (SSSR count). The van der Waals surface area contributed by atoms with Gasteiger partial charge < -0.3 is 9.52 Å². The first-order chi connectivity index (χ1) is 8.97. The van der Waals surface area contributed by atoms with Crippen molar-refractivity contribution in [2.24, 2.45) is 0 Å². The van der Waals surface area contributed by atoms with Crippen molar-refractivity contribution in [1.29, 1.82) is 0 Å². The van der Waals surface area contributed by atoms with Crippen LogP contribution in [0.15, 0.2) is 39.6 Å². The van der Waals surface area contributed by atoms with Crippen LogP contribution in [0.25, 0.3) is 0 Å². The summed E-state index contributed by atoms with van der Waals surface area (Å²) < 4.78 is 5.25. The highest BCUT2D eigenvalue weighted by Gasteiger charge is 2.15. The number of furan rings is 1. The predicted molar refractivity (Wildman–Crippen MR) is 76.4 cm³/mol. The van der Waals surface area contributed by atoms with E-state index in [0.29, 0.717) is 15.8 Å². The largest absolute Gasteiger partial charge is 0.475 e. The van der Waals surface area contributed by atoms with Gasteiger partial charge in [0.2, 0.25) is 5.76 Å². The van der Waals surface area contributed by atoms with Crippen LogP contribution in [0.4, 0.5) is 0 Å². The van der Waals surface area contributed by atoms with Gasteiger partial charge >= 0.3 is 5.97 Å². The van der Waals surface area contributed by atoms with Crippen LogP contribution in [0.3, 0.4) is 0 Å². The second kappa shape index (κ2) is 5.90. The van der Waals surface area contributed by atoms with E-state index in [1.165, 1.54) is 17.8 Å². The maximum absolute atomic E-state index is 10.7. The molecule has 1 unspecified atom stereocenters. The van der Waals surface area contributed by atoms with Crippen molar-refractivity contribution < 1.29 is 14.3 Å². The van der Waals surface area contributed by atoms with Gasteiger partial charge in [-0.1, -0.05) is 23.2 Å². The van der Waals surface area contributed by atoms with Crippen LogP contribution in [-0.4, -0.2) is 11.1 Å². The van der Waals surface area contributed by atoms with Gasteiger partial charge in [0.15, 0.2) is 0 Å². The number of carboxylic acid groups (broad SMARTS) is 1. The Morgan fingerprint density at radius 2 is 2.00 bits per heavy atom. The zero-order valence-corrected chi connectivity index (χ0v) is 12.2. The third-order valence-electron chi connectivity index (χ3n) is 2.44. The molecule has 0 bridgehead atoms. The Hall–Kier alpha value is -1.10. The molecule has 0 spiro atoms. The number of benzene rings is 1. The van der Waals surface area contributed by atoms with Gasteiger partial charge in [-0.2, -0.15) is 0 Å². The first-order valence-corrected chi connectivity index (χ1v) is 7.05. The molecule has 1 atom stereocenters. The maximum atomic E-state index is 10.7. The molecule has 1 aromatic heterocycles. The highest BCUT2D eigenvalue weighted by molar-refractivity contribution is 7.99.